The molecular weight excluding hydrogens is 228 g/mol. The van der Waals surface area contributed by atoms with Crippen LogP contribution in [-0.4, -0.2) is 31.5 Å². The Morgan fingerprint density at radius 3 is 1.64 bits per heavy atom. The van der Waals surface area contributed by atoms with Crippen molar-refractivity contribution in [1.82, 2.24) is 0 Å². The molecule has 0 aliphatic carbocycles. The normalized spacial score (nSPS) is 16.1. The third-order valence-electron chi connectivity index (χ3n) is 1.06. The van der Waals surface area contributed by atoms with Crippen LogP contribution >= 0.6 is 0 Å². The lowest BCUT2D eigenvalue weighted by Crippen LogP contribution is -2.45. The highest BCUT2D eigenvalue weighted by molar-refractivity contribution is 4.82. The molecule has 0 spiro atoms. The van der Waals surface area contributed by atoms with E-state index in [2.05, 4.69) is 4.74 Å². The Morgan fingerprint density at radius 2 is 1.36 bits per heavy atom. The van der Waals surface area contributed by atoms with Gasteiger partial charge in [-0.25, -0.2) is 13.2 Å². The third kappa shape index (κ3) is 4.07. The largest absolute Gasteiger partial charge is 0.425 e. The summed E-state index contributed by atoms with van der Waals surface area (Å²) >= 11 is 0. The number of alkyl halides is 8. The Labute approximate surface area is 72.6 Å². The van der Waals surface area contributed by atoms with Crippen molar-refractivity contribution in [3.8, 4) is 0 Å². The number of hydrogen-bond donors (Lipinski definition) is 0. The van der Waals surface area contributed by atoms with Crippen LogP contribution in [0.5, 0.6) is 0 Å². The molecule has 1 atom stereocenters. The van der Waals surface area contributed by atoms with Gasteiger partial charge >= 0.3 is 18.7 Å². The molecule has 86 valence electrons. The van der Waals surface area contributed by atoms with E-state index < -0.39 is 31.5 Å². The maximum Gasteiger partial charge on any atom is 0.425 e. The van der Waals surface area contributed by atoms with Crippen LogP contribution in [0.1, 0.15) is 0 Å². The van der Waals surface area contributed by atoms with Gasteiger partial charge in [-0.05, 0) is 0 Å². The van der Waals surface area contributed by atoms with Gasteiger partial charge in [0, 0.05) is 0 Å². The number of hydrogen-bond acceptors (Lipinski definition) is 1. The summed E-state index contributed by atoms with van der Waals surface area (Å²) < 4.78 is 95.5. The topological polar surface area (TPSA) is 9.23 Å². The van der Waals surface area contributed by atoms with Gasteiger partial charge in [-0.3, -0.25) is 0 Å². The summed E-state index contributed by atoms with van der Waals surface area (Å²) in [5.41, 5.74) is 0. The highest BCUT2D eigenvalue weighted by atomic mass is 19.4. The Kier molecular flexibility index (Phi) is 4.10. The number of ether oxygens (including phenoxy) is 1. The molecule has 0 bridgehead atoms. The van der Waals surface area contributed by atoms with Gasteiger partial charge in [0.2, 0.25) is 0 Å². The summed E-state index contributed by atoms with van der Waals surface area (Å²) in [7, 11) is 0. The van der Waals surface area contributed by atoms with Crippen molar-refractivity contribution in [1.29, 1.82) is 0 Å². The van der Waals surface area contributed by atoms with Crippen molar-refractivity contribution < 1.29 is 39.9 Å². The van der Waals surface area contributed by atoms with Crippen molar-refractivity contribution in [3.05, 3.63) is 0 Å². The molecule has 0 heterocycles. The second-order valence-electron chi connectivity index (χ2n) is 2.24. The Bertz CT molecular complexity index is 175. The van der Waals surface area contributed by atoms with E-state index >= 15 is 0 Å². The van der Waals surface area contributed by atoms with E-state index in [9.17, 15) is 35.1 Å². The molecule has 0 unspecified atom stereocenters. The van der Waals surface area contributed by atoms with Crippen molar-refractivity contribution in [2.45, 2.75) is 24.9 Å². The molecule has 0 aliphatic rings. The second-order valence-corrected chi connectivity index (χ2v) is 2.24. The summed E-state index contributed by atoms with van der Waals surface area (Å²) in [6, 6.07) is 0. The average Bonchev–Trinajstić information content (AvgIpc) is 1.98. The van der Waals surface area contributed by atoms with Crippen LogP contribution in [0.4, 0.5) is 35.1 Å². The quantitative estimate of drug-likeness (QED) is 0.677. The summed E-state index contributed by atoms with van der Waals surface area (Å²) in [5.74, 6) is -5.02. The summed E-state index contributed by atoms with van der Waals surface area (Å²) in [5, 5.41) is 0. The molecule has 0 aliphatic heterocycles. The highest BCUT2D eigenvalue weighted by Crippen LogP contribution is 2.35. The minimum Gasteiger partial charge on any atom is -0.317 e. The Balaban J connectivity index is 4.31. The van der Waals surface area contributed by atoms with E-state index in [0.29, 0.717) is 0 Å². The smallest absolute Gasteiger partial charge is 0.317 e. The number of halogens is 8. The minimum atomic E-state index is -5.81. The van der Waals surface area contributed by atoms with E-state index in [4.69, 9.17) is 0 Å². The fourth-order valence-electron chi connectivity index (χ4n) is 0.487. The van der Waals surface area contributed by atoms with E-state index in [1.165, 1.54) is 0 Å². The molecular formula is C5H4F8O. The minimum absolute atomic E-state index is 2.33. The molecule has 1 nitrogen and oxygen atoms in total. The zero-order valence-corrected chi connectivity index (χ0v) is 6.29. The maximum atomic E-state index is 12.1. The van der Waals surface area contributed by atoms with Gasteiger partial charge in [0.05, 0.1) is 0 Å². The first-order valence-corrected chi connectivity index (χ1v) is 3.05. The zero-order valence-electron chi connectivity index (χ0n) is 6.29. The third-order valence-corrected chi connectivity index (χ3v) is 1.06. The van der Waals surface area contributed by atoms with Gasteiger partial charge in [-0.15, -0.1) is 0 Å². The fraction of sp³-hybridized carbons (Fsp3) is 1.00. The Hall–Kier alpha value is -0.600. The van der Waals surface area contributed by atoms with E-state index in [0.717, 1.165) is 0 Å². The molecule has 0 aromatic carbocycles. The molecule has 0 rings (SSSR count). The van der Waals surface area contributed by atoms with Crippen LogP contribution in [0.2, 0.25) is 0 Å². The van der Waals surface area contributed by atoms with E-state index in [-0.39, 0.29) is 0 Å². The predicted octanol–water partition coefficient (Wildman–Crippen LogP) is 2.76. The van der Waals surface area contributed by atoms with Gasteiger partial charge in [0.25, 0.3) is 6.17 Å². The van der Waals surface area contributed by atoms with Crippen LogP contribution in [0.25, 0.3) is 0 Å². The van der Waals surface area contributed by atoms with Crippen LogP contribution in [0.3, 0.4) is 0 Å². The second kappa shape index (κ2) is 4.28. The molecule has 0 saturated heterocycles. The fourth-order valence-corrected chi connectivity index (χ4v) is 0.487. The van der Waals surface area contributed by atoms with Crippen molar-refractivity contribution in [2.24, 2.45) is 0 Å². The van der Waals surface area contributed by atoms with Crippen LogP contribution in [-0.2, 0) is 4.74 Å². The summed E-state index contributed by atoms with van der Waals surface area (Å²) in [6.07, 6.45) is -10.3. The monoisotopic (exact) mass is 232 g/mol. The van der Waals surface area contributed by atoms with Gasteiger partial charge in [0.1, 0.15) is 6.61 Å². The molecule has 0 aromatic heterocycles. The van der Waals surface area contributed by atoms with Crippen LogP contribution < -0.4 is 0 Å². The highest BCUT2D eigenvalue weighted by Gasteiger charge is 2.57. The first-order chi connectivity index (χ1) is 6.07. The van der Waals surface area contributed by atoms with Gasteiger partial charge < -0.3 is 4.74 Å². The van der Waals surface area contributed by atoms with Gasteiger partial charge in [-0.1, -0.05) is 0 Å². The first kappa shape index (κ1) is 13.4. The molecule has 0 saturated carbocycles. The van der Waals surface area contributed by atoms with Gasteiger partial charge in [-0.2, -0.15) is 22.0 Å². The Morgan fingerprint density at radius 1 is 0.929 bits per heavy atom. The molecule has 0 amide bonds. The van der Waals surface area contributed by atoms with Crippen LogP contribution in [0, 0.1) is 0 Å². The van der Waals surface area contributed by atoms with Crippen molar-refractivity contribution in [2.75, 3.05) is 6.61 Å². The predicted molar refractivity (Wildman–Crippen MR) is 27.9 cm³/mol. The molecule has 0 fully saturated rings. The summed E-state index contributed by atoms with van der Waals surface area (Å²) in [4.78, 5) is 0. The molecule has 14 heavy (non-hydrogen) atoms. The maximum absolute atomic E-state index is 12.1. The molecule has 0 N–H and O–H groups in total. The van der Waals surface area contributed by atoms with Gasteiger partial charge in [0.15, 0.2) is 0 Å². The SMILES string of the molecule is FC(F)OCC(F)(F)[C@H](F)C(F)(F)F. The number of rotatable bonds is 4. The molecule has 0 radical (unpaired) electrons. The standard InChI is InChI=1S/C5H4F8O/c6-2(5(11,12)13)4(9,10)1-14-3(7)8/h2-3H,1H2/t2-/m0/s1. The van der Waals surface area contributed by atoms with Crippen molar-refractivity contribution in [3.63, 3.8) is 0 Å². The average molecular weight is 232 g/mol. The van der Waals surface area contributed by atoms with Crippen LogP contribution in [0.15, 0.2) is 0 Å². The lowest BCUT2D eigenvalue weighted by Gasteiger charge is -2.22. The zero-order chi connectivity index (χ0) is 11.6. The first-order valence-electron chi connectivity index (χ1n) is 3.05. The van der Waals surface area contributed by atoms with E-state index in [1.807, 2.05) is 0 Å². The van der Waals surface area contributed by atoms with E-state index in [1.54, 1.807) is 0 Å². The molecule has 9 heteroatoms. The lowest BCUT2D eigenvalue weighted by atomic mass is 10.2. The molecule has 0 aromatic rings. The lowest BCUT2D eigenvalue weighted by molar-refractivity contribution is -0.270. The van der Waals surface area contributed by atoms with Crippen molar-refractivity contribution >= 4 is 0 Å². The summed E-state index contributed by atoms with van der Waals surface area (Å²) in [6.45, 7) is -6.01.